The van der Waals surface area contributed by atoms with E-state index >= 15 is 0 Å². The summed E-state index contributed by atoms with van der Waals surface area (Å²) < 4.78 is 11.0. The van der Waals surface area contributed by atoms with Gasteiger partial charge in [-0.1, -0.05) is 29.4 Å². The van der Waals surface area contributed by atoms with Crippen LogP contribution in [-0.2, 0) is 9.53 Å². The standard InChI is InChI=1S/C20H27ClN4O4S2/c1-12-13(21)7-6-8-14(12)22-16(26)11-31-19-25-24-17(28-19)15(9-10-30-5)23-18(27)29-20(2,3)4/h6-8,15H,9-11H2,1-5H3,(H,22,26)(H,23,27)/t15-/m0/s1. The number of halogens is 1. The minimum absolute atomic E-state index is 0.0859. The SMILES string of the molecule is CSCC[C@H](NC(=O)OC(C)(C)C)c1nnc(SCC(=O)Nc2cccc(Cl)c2C)o1. The number of amides is 2. The number of carbonyl (C=O) groups is 2. The monoisotopic (exact) mass is 486 g/mol. The Morgan fingerprint density at radius 3 is 2.71 bits per heavy atom. The normalized spacial score (nSPS) is 12.3. The molecule has 1 aromatic carbocycles. The molecule has 0 radical (unpaired) electrons. The number of nitrogens with zero attached hydrogens (tertiary/aromatic N) is 2. The number of nitrogens with one attached hydrogen (secondary N) is 2. The van der Waals surface area contributed by atoms with E-state index in [9.17, 15) is 9.59 Å². The summed E-state index contributed by atoms with van der Waals surface area (Å²) in [5.74, 6) is 0.921. The van der Waals surface area contributed by atoms with Crippen molar-refractivity contribution >= 4 is 52.8 Å². The number of benzene rings is 1. The van der Waals surface area contributed by atoms with E-state index in [4.69, 9.17) is 20.8 Å². The molecule has 0 saturated carbocycles. The molecule has 0 unspecified atom stereocenters. The van der Waals surface area contributed by atoms with Gasteiger partial charge in [-0.05, 0) is 63.8 Å². The Kier molecular flexibility index (Phi) is 9.52. The van der Waals surface area contributed by atoms with E-state index in [1.54, 1.807) is 50.7 Å². The van der Waals surface area contributed by atoms with Crippen LogP contribution in [0.15, 0.2) is 27.8 Å². The smallest absolute Gasteiger partial charge is 0.408 e. The molecule has 2 rings (SSSR count). The van der Waals surface area contributed by atoms with Gasteiger partial charge in [0.15, 0.2) is 0 Å². The molecule has 2 aromatic rings. The van der Waals surface area contributed by atoms with Crippen LogP contribution in [0.25, 0.3) is 0 Å². The Balaban J connectivity index is 1.96. The number of rotatable bonds is 9. The summed E-state index contributed by atoms with van der Waals surface area (Å²) >= 11 is 8.83. The summed E-state index contributed by atoms with van der Waals surface area (Å²) in [7, 11) is 0. The third-order valence-electron chi connectivity index (χ3n) is 3.89. The van der Waals surface area contributed by atoms with Gasteiger partial charge in [0.25, 0.3) is 5.22 Å². The van der Waals surface area contributed by atoms with E-state index in [-0.39, 0.29) is 22.8 Å². The quantitative estimate of drug-likeness (QED) is 0.472. The lowest BCUT2D eigenvalue weighted by Crippen LogP contribution is -2.35. The van der Waals surface area contributed by atoms with Crippen LogP contribution < -0.4 is 10.6 Å². The van der Waals surface area contributed by atoms with E-state index < -0.39 is 17.7 Å². The fraction of sp³-hybridized carbons (Fsp3) is 0.500. The van der Waals surface area contributed by atoms with E-state index in [0.717, 1.165) is 23.1 Å². The number of hydrogen-bond acceptors (Lipinski definition) is 8. The van der Waals surface area contributed by atoms with Crippen LogP contribution in [0.2, 0.25) is 5.02 Å². The Morgan fingerprint density at radius 1 is 1.29 bits per heavy atom. The van der Waals surface area contributed by atoms with Crippen molar-refractivity contribution in [2.45, 2.75) is 51.0 Å². The van der Waals surface area contributed by atoms with Gasteiger partial charge in [-0.3, -0.25) is 4.79 Å². The molecule has 0 spiro atoms. The molecule has 1 aromatic heterocycles. The first-order valence-corrected chi connectivity index (χ1v) is 12.3. The lowest BCUT2D eigenvalue weighted by molar-refractivity contribution is -0.113. The van der Waals surface area contributed by atoms with Gasteiger partial charge in [-0.2, -0.15) is 11.8 Å². The lowest BCUT2D eigenvalue weighted by Gasteiger charge is -2.22. The summed E-state index contributed by atoms with van der Waals surface area (Å²) in [5.41, 5.74) is 0.842. The highest BCUT2D eigenvalue weighted by Crippen LogP contribution is 2.25. The van der Waals surface area contributed by atoms with Gasteiger partial charge in [-0.15, -0.1) is 10.2 Å². The molecule has 0 aliphatic carbocycles. The maximum Gasteiger partial charge on any atom is 0.408 e. The first-order valence-electron chi connectivity index (χ1n) is 9.58. The highest BCUT2D eigenvalue weighted by molar-refractivity contribution is 7.99. The van der Waals surface area contributed by atoms with E-state index in [1.165, 1.54) is 0 Å². The largest absolute Gasteiger partial charge is 0.444 e. The predicted octanol–water partition coefficient (Wildman–Crippen LogP) is 5.08. The van der Waals surface area contributed by atoms with E-state index in [1.807, 2.05) is 13.2 Å². The third kappa shape index (κ3) is 8.62. The molecular weight excluding hydrogens is 460 g/mol. The molecule has 0 aliphatic heterocycles. The highest BCUT2D eigenvalue weighted by atomic mass is 35.5. The first-order chi connectivity index (χ1) is 14.6. The fourth-order valence-corrected chi connectivity index (χ4v) is 3.63. The molecule has 11 heteroatoms. The number of carbonyl (C=O) groups excluding carboxylic acids is 2. The molecule has 1 heterocycles. The molecule has 0 bridgehead atoms. The zero-order valence-corrected chi connectivity index (χ0v) is 20.5. The van der Waals surface area contributed by atoms with Gasteiger partial charge in [0, 0.05) is 10.7 Å². The predicted molar refractivity (Wildman–Crippen MR) is 125 cm³/mol. The number of aromatic nitrogens is 2. The number of anilines is 1. The second-order valence-electron chi connectivity index (χ2n) is 7.64. The van der Waals surface area contributed by atoms with Crippen LogP contribution in [0.3, 0.4) is 0 Å². The van der Waals surface area contributed by atoms with E-state index in [0.29, 0.717) is 17.1 Å². The molecule has 31 heavy (non-hydrogen) atoms. The number of hydrogen-bond donors (Lipinski definition) is 2. The Bertz CT molecular complexity index is 902. The molecule has 0 saturated heterocycles. The summed E-state index contributed by atoms with van der Waals surface area (Å²) in [6, 6.07) is 4.84. The Morgan fingerprint density at radius 2 is 2.03 bits per heavy atom. The second kappa shape index (κ2) is 11.6. The van der Waals surface area contributed by atoms with Crippen LogP contribution in [0, 0.1) is 6.92 Å². The molecule has 0 aliphatic rings. The van der Waals surface area contributed by atoms with Crippen molar-refractivity contribution in [1.82, 2.24) is 15.5 Å². The minimum Gasteiger partial charge on any atom is -0.444 e. The van der Waals surface area contributed by atoms with Crippen molar-refractivity contribution in [2.75, 3.05) is 23.1 Å². The molecule has 8 nitrogen and oxygen atoms in total. The van der Waals surface area contributed by atoms with E-state index in [2.05, 4.69) is 20.8 Å². The van der Waals surface area contributed by atoms with Gasteiger partial charge in [0.05, 0.1) is 5.75 Å². The maximum absolute atomic E-state index is 12.3. The number of ether oxygens (including phenoxy) is 1. The average molecular weight is 487 g/mol. The van der Waals surface area contributed by atoms with Gasteiger partial charge in [-0.25, -0.2) is 4.79 Å². The van der Waals surface area contributed by atoms with Gasteiger partial charge >= 0.3 is 6.09 Å². The summed E-state index contributed by atoms with van der Waals surface area (Å²) in [6.07, 6.45) is 2.02. The van der Waals surface area contributed by atoms with Gasteiger partial charge in [0.1, 0.15) is 11.6 Å². The third-order valence-corrected chi connectivity index (χ3v) is 5.76. The topological polar surface area (TPSA) is 106 Å². The number of alkyl carbamates (subject to hydrolysis) is 1. The van der Waals surface area contributed by atoms with Crippen LogP contribution in [0.4, 0.5) is 10.5 Å². The van der Waals surface area contributed by atoms with Crippen LogP contribution in [0.5, 0.6) is 0 Å². The molecule has 0 fully saturated rings. The highest BCUT2D eigenvalue weighted by Gasteiger charge is 2.24. The molecule has 2 amide bonds. The van der Waals surface area contributed by atoms with Crippen molar-refractivity contribution in [3.63, 3.8) is 0 Å². The van der Waals surface area contributed by atoms with Crippen LogP contribution >= 0.6 is 35.1 Å². The average Bonchev–Trinajstić information content (AvgIpc) is 3.14. The Hall–Kier alpha value is -1.91. The summed E-state index contributed by atoms with van der Waals surface area (Å²) in [6.45, 7) is 7.21. The van der Waals surface area contributed by atoms with Crippen molar-refractivity contribution in [2.24, 2.45) is 0 Å². The summed E-state index contributed by atoms with van der Waals surface area (Å²) in [5, 5.41) is 14.4. The number of thioether (sulfide) groups is 2. The van der Waals surface area contributed by atoms with Crippen molar-refractivity contribution in [3.05, 3.63) is 34.7 Å². The van der Waals surface area contributed by atoms with Crippen LogP contribution in [-0.4, -0.2) is 45.6 Å². The van der Waals surface area contributed by atoms with Gasteiger partial charge < -0.3 is 19.8 Å². The molecule has 1 atom stereocenters. The van der Waals surface area contributed by atoms with Crippen molar-refractivity contribution in [1.29, 1.82) is 0 Å². The first kappa shape index (κ1) is 25.4. The lowest BCUT2D eigenvalue weighted by atomic mass is 10.2. The minimum atomic E-state index is -0.612. The Labute approximate surface area is 195 Å². The molecule has 170 valence electrons. The zero-order chi connectivity index (χ0) is 23.0. The molecular formula is C20H27ClN4O4S2. The van der Waals surface area contributed by atoms with Crippen LogP contribution in [0.1, 0.15) is 44.7 Å². The van der Waals surface area contributed by atoms with Crippen molar-refractivity contribution < 1.29 is 18.7 Å². The zero-order valence-electron chi connectivity index (χ0n) is 18.2. The van der Waals surface area contributed by atoms with Gasteiger partial charge in [0.2, 0.25) is 11.8 Å². The second-order valence-corrected chi connectivity index (χ2v) is 9.96. The van der Waals surface area contributed by atoms with Crippen molar-refractivity contribution in [3.8, 4) is 0 Å². The fourth-order valence-electron chi connectivity index (χ4n) is 2.42. The molecule has 2 N–H and O–H groups in total. The maximum atomic E-state index is 12.3. The summed E-state index contributed by atoms with van der Waals surface area (Å²) in [4.78, 5) is 24.4.